The highest BCUT2D eigenvalue weighted by Crippen LogP contribution is 2.47. The highest BCUT2D eigenvalue weighted by atomic mass is 19.1. The molecule has 32 heavy (non-hydrogen) atoms. The molecule has 4 nitrogen and oxygen atoms in total. The maximum absolute atomic E-state index is 14.7. The standard InChI is InChI=1S/C27H28FNO3/c28-25-6-2-1-5-22(25)24-18-32-26-17-20(30)9-12-23(26)27(24)19-7-10-21(11-8-19)31-16-15-29-13-3-4-14-29/h1-2,5-12,17,24,27,30H,3-4,13-16,18H2. The van der Waals surface area contributed by atoms with Crippen LogP contribution in [-0.4, -0.2) is 42.9 Å². The van der Waals surface area contributed by atoms with E-state index < -0.39 is 0 Å². The maximum Gasteiger partial charge on any atom is 0.126 e. The molecule has 1 fully saturated rings. The Kier molecular flexibility index (Phi) is 5.99. The predicted octanol–water partition coefficient (Wildman–Crippen LogP) is 5.31. The van der Waals surface area contributed by atoms with Gasteiger partial charge < -0.3 is 14.6 Å². The Labute approximate surface area is 188 Å². The van der Waals surface area contributed by atoms with Gasteiger partial charge in [0.2, 0.25) is 0 Å². The SMILES string of the molecule is Oc1ccc2c(c1)OCC(c1ccccc1F)C2c1ccc(OCCN2CCCC2)cc1. The fraction of sp³-hybridized carbons (Fsp3) is 0.333. The van der Waals surface area contributed by atoms with E-state index in [0.717, 1.165) is 23.4 Å². The Balaban J connectivity index is 1.41. The van der Waals surface area contributed by atoms with Crippen molar-refractivity contribution in [2.45, 2.75) is 24.7 Å². The third kappa shape index (κ3) is 4.30. The van der Waals surface area contributed by atoms with Gasteiger partial charge in [0.15, 0.2) is 0 Å². The summed E-state index contributed by atoms with van der Waals surface area (Å²) in [6, 6.07) is 20.2. The molecule has 3 aromatic carbocycles. The first kappa shape index (κ1) is 20.8. The number of hydrogen-bond acceptors (Lipinski definition) is 4. The van der Waals surface area contributed by atoms with Gasteiger partial charge in [-0.3, -0.25) is 4.90 Å². The van der Waals surface area contributed by atoms with Crippen LogP contribution in [0.4, 0.5) is 4.39 Å². The number of phenolic OH excluding ortho intramolecular Hbond substituents is 1. The third-order valence-electron chi connectivity index (χ3n) is 6.57. The zero-order chi connectivity index (χ0) is 21.9. The lowest BCUT2D eigenvalue weighted by atomic mass is 9.75. The minimum Gasteiger partial charge on any atom is -0.508 e. The molecule has 0 saturated carbocycles. The number of phenols is 1. The number of hydrogen-bond donors (Lipinski definition) is 1. The van der Waals surface area contributed by atoms with Gasteiger partial charge in [0.05, 0.1) is 6.61 Å². The Morgan fingerprint density at radius 2 is 1.75 bits per heavy atom. The number of nitrogens with zero attached hydrogens (tertiary/aromatic N) is 1. The minimum atomic E-state index is -0.227. The molecule has 0 radical (unpaired) electrons. The van der Waals surface area contributed by atoms with Gasteiger partial charge in [-0.25, -0.2) is 4.39 Å². The van der Waals surface area contributed by atoms with E-state index in [0.29, 0.717) is 24.5 Å². The summed E-state index contributed by atoms with van der Waals surface area (Å²) in [6.45, 7) is 4.30. The summed E-state index contributed by atoms with van der Waals surface area (Å²) in [5.74, 6) is 1.16. The van der Waals surface area contributed by atoms with E-state index in [9.17, 15) is 9.50 Å². The molecule has 3 aromatic rings. The normalized spacial score (nSPS) is 20.5. The van der Waals surface area contributed by atoms with Crippen molar-refractivity contribution in [2.24, 2.45) is 0 Å². The summed E-state index contributed by atoms with van der Waals surface area (Å²) in [4.78, 5) is 2.43. The van der Waals surface area contributed by atoms with Crippen LogP contribution in [0.2, 0.25) is 0 Å². The van der Waals surface area contributed by atoms with Crippen LogP contribution in [0, 0.1) is 5.82 Å². The van der Waals surface area contributed by atoms with E-state index in [1.807, 2.05) is 30.3 Å². The molecule has 0 amide bonds. The van der Waals surface area contributed by atoms with Crippen molar-refractivity contribution in [2.75, 3.05) is 32.8 Å². The smallest absolute Gasteiger partial charge is 0.126 e. The zero-order valence-electron chi connectivity index (χ0n) is 18.0. The van der Waals surface area contributed by atoms with Gasteiger partial charge in [-0.05, 0) is 61.3 Å². The number of benzene rings is 3. The molecule has 2 aliphatic heterocycles. The van der Waals surface area contributed by atoms with E-state index in [2.05, 4.69) is 17.0 Å². The molecule has 166 valence electrons. The summed E-state index contributed by atoms with van der Waals surface area (Å²) in [7, 11) is 0. The molecule has 5 rings (SSSR count). The fourth-order valence-corrected chi connectivity index (χ4v) is 4.92. The monoisotopic (exact) mass is 433 g/mol. The van der Waals surface area contributed by atoms with Gasteiger partial charge in [-0.2, -0.15) is 0 Å². The quantitative estimate of drug-likeness (QED) is 0.572. The van der Waals surface area contributed by atoms with Crippen LogP contribution < -0.4 is 9.47 Å². The zero-order valence-corrected chi connectivity index (χ0v) is 18.0. The van der Waals surface area contributed by atoms with E-state index in [-0.39, 0.29) is 23.4 Å². The van der Waals surface area contributed by atoms with Gasteiger partial charge in [0.25, 0.3) is 0 Å². The Morgan fingerprint density at radius 3 is 2.53 bits per heavy atom. The number of fused-ring (bicyclic) bond motifs is 1. The molecule has 1 saturated heterocycles. The van der Waals surface area contributed by atoms with Crippen LogP contribution in [0.5, 0.6) is 17.2 Å². The second-order valence-corrected chi connectivity index (χ2v) is 8.61. The average Bonchev–Trinajstić information content (AvgIpc) is 3.33. The topological polar surface area (TPSA) is 41.9 Å². The second-order valence-electron chi connectivity index (χ2n) is 8.61. The molecule has 2 atom stereocenters. The first-order chi connectivity index (χ1) is 15.7. The summed E-state index contributed by atoms with van der Waals surface area (Å²) in [5.41, 5.74) is 2.66. The summed E-state index contributed by atoms with van der Waals surface area (Å²) in [5, 5.41) is 9.91. The number of rotatable bonds is 6. The summed E-state index contributed by atoms with van der Waals surface area (Å²) in [6.07, 6.45) is 2.56. The first-order valence-corrected chi connectivity index (χ1v) is 11.3. The van der Waals surface area contributed by atoms with Gasteiger partial charge in [0.1, 0.15) is 29.7 Å². The average molecular weight is 434 g/mol. The largest absolute Gasteiger partial charge is 0.508 e. The second kappa shape index (κ2) is 9.21. The number of aromatic hydroxyl groups is 1. The molecular formula is C27H28FNO3. The van der Waals surface area contributed by atoms with Crippen LogP contribution in [0.15, 0.2) is 66.7 Å². The van der Waals surface area contributed by atoms with Gasteiger partial charge >= 0.3 is 0 Å². The third-order valence-corrected chi connectivity index (χ3v) is 6.57. The van der Waals surface area contributed by atoms with Crippen molar-refractivity contribution in [3.63, 3.8) is 0 Å². The van der Waals surface area contributed by atoms with E-state index in [4.69, 9.17) is 9.47 Å². The summed E-state index contributed by atoms with van der Waals surface area (Å²) >= 11 is 0. The lowest BCUT2D eigenvalue weighted by Crippen LogP contribution is -2.26. The van der Waals surface area contributed by atoms with E-state index >= 15 is 0 Å². The van der Waals surface area contributed by atoms with E-state index in [1.54, 1.807) is 18.2 Å². The lowest BCUT2D eigenvalue weighted by molar-refractivity contribution is 0.237. The maximum atomic E-state index is 14.7. The van der Waals surface area contributed by atoms with Crippen molar-refractivity contribution < 1.29 is 19.0 Å². The van der Waals surface area contributed by atoms with Crippen molar-refractivity contribution >= 4 is 0 Å². The molecule has 1 N–H and O–H groups in total. The molecule has 0 aromatic heterocycles. The van der Waals surface area contributed by atoms with Crippen molar-refractivity contribution in [1.29, 1.82) is 0 Å². The molecule has 0 spiro atoms. The first-order valence-electron chi connectivity index (χ1n) is 11.3. The van der Waals surface area contributed by atoms with Crippen LogP contribution in [0.25, 0.3) is 0 Å². The van der Waals surface area contributed by atoms with Crippen molar-refractivity contribution in [3.8, 4) is 17.2 Å². The van der Waals surface area contributed by atoms with Crippen LogP contribution in [0.1, 0.15) is 41.4 Å². The molecule has 2 heterocycles. The molecule has 0 bridgehead atoms. The van der Waals surface area contributed by atoms with E-state index in [1.165, 1.54) is 32.0 Å². The molecule has 2 unspecified atom stereocenters. The number of ether oxygens (including phenoxy) is 2. The Bertz CT molecular complexity index is 1060. The predicted molar refractivity (Wildman–Crippen MR) is 122 cm³/mol. The lowest BCUT2D eigenvalue weighted by Gasteiger charge is -2.34. The highest BCUT2D eigenvalue weighted by Gasteiger charge is 2.35. The minimum absolute atomic E-state index is 0.0881. The molecule has 2 aliphatic rings. The highest BCUT2D eigenvalue weighted by molar-refractivity contribution is 5.51. The number of halogens is 1. The van der Waals surface area contributed by atoms with Crippen LogP contribution in [0.3, 0.4) is 0 Å². The molecule has 0 aliphatic carbocycles. The molecule has 5 heteroatoms. The number of likely N-dealkylation sites (tertiary alicyclic amines) is 1. The van der Waals surface area contributed by atoms with Gasteiger partial charge in [0, 0.05) is 30.0 Å². The fourth-order valence-electron chi connectivity index (χ4n) is 4.92. The van der Waals surface area contributed by atoms with Crippen molar-refractivity contribution in [3.05, 3.63) is 89.2 Å². The van der Waals surface area contributed by atoms with Crippen LogP contribution >= 0.6 is 0 Å². The Hall–Kier alpha value is -3.05. The van der Waals surface area contributed by atoms with Crippen molar-refractivity contribution in [1.82, 2.24) is 4.90 Å². The molecular weight excluding hydrogens is 405 g/mol. The van der Waals surface area contributed by atoms with Gasteiger partial charge in [-0.1, -0.05) is 36.4 Å². The van der Waals surface area contributed by atoms with Gasteiger partial charge in [-0.15, -0.1) is 0 Å². The van der Waals surface area contributed by atoms with Crippen LogP contribution in [-0.2, 0) is 0 Å². The summed E-state index contributed by atoms with van der Waals surface area (Å²) < 4.78 is 26.6. The Morgan fingerprint density at radius 1 is 0.969 bits per heavy atom.